The van der Waals surface area contributed by atoms with Gasteiger partial charge in [0.1, 0.15) is 11.6 Å². The number of hydrogen-bond donors (Lipinski definition) is 1. The summed E-state index contributed by atoms with van der Waals surface area (Å²) in [6, 6.07) is 0. The van der Waals surface area contributed by atoms with Crippen LogP contribution in [0, 0.1) is 0 Å². The molecule has 0 aromatic rings. The van der Waals surface area contributed by atoms with E-state index in [1.165, 1.54) is 25.6 Å². The van der Waals surface area contributed by atoms with E-state index in [1.54, 1.807) is 0 Å². The molecule has 13 heavy (non-hydrogen) atoms. The lowest BCUT2D eigenvalue weighted by molar-refractivity contribution is -0.122. The van der Waals surface area contributed by atoms with E-state index in [0.717, 1.165) is 0 Å². The Morgan fingerprint density at radius 3 is 2.15 bits per heavy atom. The van der Waals surface area contributed by atoms with Crippen LogP contribution in [0.4, 0.5) is 0 Å². The molecule has 1 amide bonds. The largest absolute Gasteiger partial charge is 0.348 e. The van der Waals surface area contributed by atoms with Crippen LogP contribution in [0.1, 0.15) is 13.8 Å². The van der Waals surface area contributed by atoms with E-state index >= 15 is 0 Å². The van der Waals surface area contributed by atoms with Crippen molar-refractivity contribution in [1.29, 1.82) is 0 Å². The summed E-state index contributed by atoms with van der Waals surface area (Å²) in [6.45, 7) is 2.95. The molecule has 0 bridgehead atoms. The molecule has 0 spiro atoms. The first-order valence-electron chi connectivity index (χ1n) is 3.85. The smallest absolute Gasteiger partial charge is 0.230 e. The Labute approximate surface area is 81.5 Å². The summed E-state index contributed by atoms with van der Waals surface area (Å²) in [6.07, 6.45) is 0. The predicted octanol–water partition coefficient (Wildman–Crippen LogP) is 0.0138. The van der Waals surface area contributed by atoms with Crippen molar-refractivity contribution in [1.82, 2.24) is 5.32 Å². The zero-order valence-electron chi connectivity index (χ0n) is 7.75. The number of rotatable bonds is 6. The molecule has 0 unspecified atom stereocenters. The van der Waals surface area contributed by atoms with E-state index < -0.39 is 0 Å². The van der Waals surface area contributed by atoms with Gasteiger partial charge in [-0.15, -0.1) is 11.8 Å². The molecule has 0 aromatic carbocycles. The van der Waals surface area contributed by atoms with Crippen molar-refractivity contribution in [2.24, 2.45) is 0 Å². The number of carbonyl (C=O) groups excluding carboxylic acids is 3. The van der Waals surface area contributed by atoms with E-state index in [9.17, 15) is 14.4 Å². The zero-order valence-corrected chi connectivity index (χ0v) is 8.57. The van der Waals surface area contributed by atoms with Crippen LogP contribution >= 0.6 is 11.8 Å². The number of ketones is 2. The van der Waals surface area contributed by atoms with Crippen LogP contribution in [0.5, 0.6) is 0 Å². The summed E-state index contributed by atoms with van der Waals surface area (Å²) in [5, 5.41) is 2.44. The Bertz CT molecular complexity index is 215. The maximum Gasteiger partial charge on any atom is 0.230 e. The lowest BCUT2D eigenvalue weighted by atomic mass is 10.4. The molecule has 0 aliphatic heterocycles. The Kier molecular flexibility index (Phi) is 6.22. The Balaban J connectivity index is 3.41. The third kappa shape index (κ3) is 9.07. The second kappa shape index (κ2) is 6.65. The van der Waals surface area contributed by atoms with Gasteiger partial charge in [0.15, 0.2) is 0 Å². The van der Waals surface area contributed by atoms with Crippen molar-refractivity contribution in [2.75, 3.05) is 18.1 Å². The fourth-order valence-corrected chi connectivity index (χ4v) is 1.24. The Morgan fingerprint density at radius 2 is 1.69 bits per heavy atom. The quantitative estimate of drug-likeness (QED) is 0.660. The van der Waals surface area contributed by atoms with E-state index in [0.29, 0.717) is 5.75 Å². The molecule has 5 heteroatoms. The minimum Gasteiger partial charge on any atom is -0.348 e. The van der Waals surface area contributed by atoms with Crippen LogP contribution in [0.3, 0.4) is 0 Å². The molecule has 0 atom stereocenters. The number of thioether (sulfide) groups is 1. The fraction of sp³-hybridized carbons (Fsp3) is 0.625. The average molecular weight is 203 g/mol. The van der Waals surface area contributed by atoms with Crippen LogP contribution in [-0.2, 0) is 14.4 Å². The van der Waals surface area contributed by atoms with Gasteiger partial charge in [-0.1, -0.05) is 0 Å². The van der Waals surface area contributed by atoms with Crippen LogP contribution < -0.4 is 5.32 Å². The molecule has 0 rings (SSSR count). The van der Waals surface area contributed by atoms with E-state index in [-0.39, 0.29) is 29.8 Å². The summed E-state index contributed by atoms with van der Waals surface area (Å²) in [5.74, 6) is 0.330. The van der Waals surface area contributed by atoms with Gasteiger partial charge >= 0.3 is 0 Å². The molecular formula is C8H13NO3S. The average Bonchev–Trinajstić information content (AvgIpc) is 2.00. The first-order valence-corrected chi connectivity index (χ1v) is 5.01. The monoisotopic (exact) mass is 203 g/mol. The number of amides is 1. The van der Waals surface area contributed by atoms with Crippen molar-refractivity contribution in [3.8, 4) is 0 Å². The van der Waals surface area contributed by atoms with Gasteiger partial charge in [0.2, 0.25) is 5.91 Å². The lowest BCUT2D eigenvalue weighted by Crippen LogP contribution is -2.29. The van der Waals surface area contributed by atoms with E-state index in [1.807, 2.05) is 0 Å². The summed E-state index contributed by atoms with van der Waals surface area (Å²) in [7, 11) is 0. The zero-order chi connectivity index (χ0) is 10.3. The summed E-state index contributed by atoms with van der Waals surface area (Å²) >= 11 is 1.25. The molecular weight excluding hydrogens is 190 g/mol. The topological polar surface area (TPSA) is 63.2 Å². The van der Waals surface area contributed by atoms with Crippen molar-refractivity contribution < 1.29 is 14.4 Å². The maximum atomic E-state index is 10.9. The molecule has 0 aliphatic carbocycles. The summed E-state index contributed by atoms with van der Waals surface area (Å²) in [4.78, 5) is 31.9. The normalized spacial score (nSPS) is 9.38. The standard InChI is InChI=1S/C8H13NO3S/c1-6(10)3-9-8(12)5-13-4-7(2)11/h3-5H2,1-2H3,(H,9,12). The highest BCUT2D eigenvalue weighted by molar-refractivity contribution is 8.00. The maximum absolute atomic E-state index is 10.9. The number of nitrogens with one attached hydrogen (secondary N) is 1. The first kappa shape index (κ1) is 12.2. The molecule has 0 saturated carbocycles. The van der Waals surface area contributed by atoms with Crippen LogP contribution in [0.2, 0.25) is 0 Å². The molecule has 1 N–H and O–H groups in total. The highest BCUT2D eigenvalue weighted by atomic mass is 32.2. The molecule has 74 valence electrons. The molecule has 4 nitrogen and oxygen atoms in total. The number of hydrogen-bond acceptors (Lipinski definition) is 4. The molecule has 0 aromatic heterocycles. The molecule has 0 radical (unpaired) electrons. The molecule has 0 saturated heterocycles. The molecule has 0 aliphatic rings. The lowest BCUT2D eigenvalue weighted by Gasteiger charge is -2.00. The minimum absolute atomic E-state index is 0.0457. The minimum atomic E-state index is -0.207. The predicted molar refractivity (Wildman–Crippen MR) is 51.7 cm³/mol. The van der Waals surface area contributed by atoms with Gasteiger partial charge in [-0.3, -0.25) is 14.4 Å². The van der Waals surface area contributed by atoms with Crippen LogP contribution in [0.15, 0.2) is 0 Å². The van der Waals surface area contributed by atoms with Gasteiger partial charge in [-0.05, 0) is 13.8 Å². The summed E-state index contributed by atoms with van der Waals surface area (Å²) < 4.78 is 0. The second-order valence-corrected chi connectivity index (χ2v) is 3.66. The highest BCUT2D eigenvalue weighted by Crippen LogP contribution is 1.98. The van der Waals surface area contributed by atoms with Gasteiger partial charge in [0.05, 0.1) is 18.1 Å². The van der Waals surface area contributed by atoms with Gasteiger partial charge in [0, 0.05) is 0 Å². The van der Waals surface area contributed by atoms with Crippen LogP contribution in [-0.4, -0.2) is 35.5 Å². The first-order chi connectivity index (χ1) is 6.02. The summed E-state index contributed by atoms with van der Waals surface area (Å²) in [5.41, 5.74) is 0. The van der Waals surface area contributed by atoms with Gasteiger partial charge in [-0.25, -0.2) is 0 Å². The second-order valence-electron chi connectivity index (χ2n) is 2.67. The van der Waals surface area contributed by atoms with Crippen LogP contribution in [0.25, 0.3) is 0 Å². The Morgan fingerprint density at radius 1 is 1.08 bits per heavy atom. The van der Waals surface area contributed by atoms with Gasteiger partial charge in [-0.2, -0.15) is 0 Å². The number of Topliss-reactive ketones (excluding diaryl/α,β-unsaturated/α-hetero) is 2. The van der Waals surface area contributed by atoms with Gasteiger partial charge < -0.3 is 5.32 Å². The van der Waals surface area contributed by atoms with Crippen molar-refractivity contribution in [3.05, 3.63) is 0 Å². The van der Waals surface area contributed by atoms with Crippen molar-refractivity contribution in [2.45, 2.75) is 13.8 Å². The number of carbonyl (C=O) groups is 3. The SMILES string of the molecule is CC(=O)CNC(=O)CSCC(C)=O. The highest BCUT2D eigenvalue weighted by Gasteiger charge is 2.02. The van der Waals surface area contributed by atoms with E-state index in [2.05, 4.69) is 5.32 Å². The third-order valence-electron chi connectivity index (χ3n) is 1.07. The third-order valence-corrected chi connectivity index (χ3v) is 2.15. The van der Waals surface area contributed by atoms with E-state index in [4.69, 9.17) is 0 Å². The Hall–Kier alpha value is -0.840. The fourth-order valence-electron chi connectivity index (χ4n) is 0.562. The molecule has 0 fully saturated rings. The van der Waals surface area contributed by atoms with Crippen molar-refractivity contribution >= 4 is 29.2 Å². The van der Waals surface area contributed by atoms with Gasteiger partial charge in [0.25, 0.3) is 0 Å². The molecule has 0 heterocycles. The van der Waals surface area contributed by atoms with Crippen molar-refractivity contribution in [3.63, 3.8) is 0 Å².